The first-order valence-electron chi connectivity index (χ1n) is 7.59. The predicted molar refractivity (Wildman–Crippen MR) is 103 cm³/mol. The van der Waals surface area contributed by atoms with Crippen molar-refractivity contribution in [2.24, 2.45) is 0 Å². The van der Waals surface area contributed by atoms with E-state index >= 15 is 0 Å². The summed E-state index contributed by atoms with van der Waals surface area (Å²) in [6.45, 7) is 2.29. The van der Waals surface area contributed by atoms with E-state index in [4.69, 9.17) is 0 Å². The number of benzene rings is 2. The predicted octanol–water partition coefficient (Wildman–Crippen LogP) is 5.81. The molecule has 0 aliphatic heterocycles. The van der Waals surface area contributed by atoms with Crippen LogP contribution in [0.25, 0.3) is 12.2 Å². The molecule has 0 saturated heterocycles. The van der Waals surface area contributed by atoms with Crippen LogP contribution in [0.3, 0.4) is 0 Å². The van der Waals surface area contributed by atoms with Crippen LogP contribution in [0.4, 0.5) is 0 Å². The summed E-state index contributed by atoms with van der Waals surface area (Å²) in [6.07, 6.45) is 9.59. The van der Waals surface area contributed by atoms with Crippen LogP contribution in [0.15, 0.2) is 60.7 Å². The molecule has 2 atom stereocenters. The van der Waals surface area contributed by atoms with E-state index in [-0.39, 0.29) is 24.8 Å². The Labute approximate surface area is 158 Å². The molecule has 0 heterocycles. The SMILES string of the molecule is C[CH]=[Zr]([CH]1C=Cc2ccccc21)[CH]1C=Cc2ccccc21.Cl.Cl. The molecule has 0 aromatic heterocycles. The molecular weight excluding hydrogens is 402 g/mol. The van der Waals surface area contributed by atoms with Gasteiger partial charge in [-0.2, -0.15) is 0 Å². The zero-order valence-corrected chi connectivity index (χ0v) is 17.1. The van der Waals surface area contributed by atoms with Gasteiger partial charge in [-0.25, -0.2) is 0 Å². The molecule has 4 rings (SSSR count). The van der Waals surface area contributed by atoms with E-state index in [1.807, 2.05) is 0 Å². The molecule has 3 heteroatoms. The van der Waals surface area contributed by atoms with E-state index in [1.165, 1.54) is 11.1 Å². The van der Waals surface area contributed by atoms with Gasteiger partial charge in [0.2, 0.25) is 0 Å². The molecule has 0 saturated carbocycles. The van der Waals surface area contributed by atoms with Gasteiger partial charge in [0, 0.05) is 0 Å². The summed E-state index contributed by atoms with van der Waals surface area (Å²) < 4.78 is 3.96. The Morgan fingerprint density at radius 3 is 1.61 bits per heavy atom. The average Bonchev–Trinajstić information content (AvgIpc) is 3.14. The van der Waals surface area contributed by atoms with Gasteiger partial charge in [0.25, 0.3) is 0 Å². The summed E-state index contributed by atoms with van der Waals surface area (Å²) in [6, 6.07) is 17.8. The van der Waals surface area contributed by atoms with Crippen molar-refractivity contribution in [1.82, 2.24) is 0 Å². The van der Waals surface area contributed by atoms with Gasteiger partial charge < -0.3 is 0 Å². The van der Waals surface area contributed by atoms with Gasteiger partial charge >= 0.3 is 134 Å². The zero-order valence-electron chi connectivity index (χ0n) is 13.0. The molecule has 2 unspecified atom stereocenters. The van der Waals surface area contributed by atoms with Gasteiger partial charge in [0.1, 0.15) is 0 Å². The summed E-state index contributed by atoms with van der Waals surface area (Å²) in [7, 11) is 0. The van der Waals surface area contributed by atoms with Crippen LogP contribution in [-0.4, -0.2) is 3.71 Å². The Morgan fingerprint density at radius 1 is 0.739 bits per heavy atom. The van der Waals surface area contributed by atoms with Crippen molar-refractivity contribution in [3.05, 3.63) is 82.9 Å². The Hall–Kier alpha value is -0.747. The maximum absolute atomic E-state index is 2.58. The van der Waals surface area contributed by atoms with Crippen LogP contribution in [-0.2, 0) is 21.3 Å². The van der Waals surface area contributed by atoms with Crippen molar-refractivity contribution < 1.29 is 21.3 Å². The topological polar surface area (TPSA) is 0 Å². The standard InChI is InChI=1S/2C9H7.C2H4.2ClH.Zr/c2*1-2-5-9-7-3-6-8(9)4-1;1-2;;;/h2*1-7H;1H,2H3;2*1H;. The minimum Gasteiger partial charge on any atom is -0.147 e. The first-order chi connectivity index (χ1) is 10.4. The molecule has 0 N–H and O–H groups in total. The molecule has 118 valence electrons. The van der Waals surface area contributed by atoms with E-state index in [2.05, 4.69) is 83.5 Å². The number of rotatable bonds is 2. The van der Waals surface area contributed by atoms with E-state index in [0.29, 0.717) is 7.25 Å². The van der Waals surface area contributed by atoms with Gasteiger partial charge in [-0.15, -0.1) is 24.8 Å². The molecule has 0 fully saturated rings. The summed E-state index contributed by atoms with van der Waals surface area (Å²) in [4.78, 5) is 0. The Kier molecular flexibility index (Phi) is 6.37. The maximum Gasteiger partial charge on any atom is -0.147 e. The molecule has 0 nitrogen and oxygen atoms in total. The fourth-order valence-electron chi connectivity index (χ4n) is 3.63. The van der Waals surface area contributed by atoms with Gasteiger partial charge in [-0.1, -0.05) is 0 Å². The molecule has 0 radical (unpaired) electrons. The first-order valence-corrected chi connectivity index (χ1v) is 11.8. The van der Waals surface area contributed by atoms with Gasteiger partial charge in [-0.3, -0.25) is 0 Å². The second kappa shape index (κ2) is 7.88. The van der Waals surface area contributed by atoms with E-state index in [0.717, 1.165) is 0 Å². The number of fused-ring (bicyclic) bond motifs is 2. The molecule has 2 aromatic rings. The van der Waals surface area contributed by atoms with Crippen molar-refractivity contribution in [3.8, 4) is 0 Å². The minimum atomic E-state index is -1.76. The molecular formula is C20H20Cl2Zr. The average molecular weight is 423 g/mol. The van der Waals surface area contributed by atoms with Crippen LogP contribution < -0.4 is 0 Å². The summed E-state index contributed by atoms with van der Waals surface area (Å²) in [5.41, 5.74) is 5.97. The third-order valence-corrected chi connectivity index (χ3v) is 12.3. The monoisotopic (exact) mass is 420 g/mol. The van der Waals surface area contributed by atoms with Crippen molar-refractivity contribution in [2.75, 3.05) is 0 Å². The van der Waals surface area contributed by atoms with Gasteiger partial charge in [0.05, 0.1) is 0 Å². The molecule has 2 aliphatic carbocycles. The Bertz CT molecular complexity index is 726. The quantitative estimate of drug-likeness (QED) is 0.573. The fraction of sp³-hybridized carbons (Fsp3) is 0.150. The zero-order chi connectivity index (χ0) is 14.2. The molecule has 23 heavy (non-hydrogen) atoms. The Balaban J connectivity index is 0.000000960. The summed E-state index contributed by atoms with van der Waals surface area (Å²) >= 11 is -1.76. The second-order valence-corrected chi connectivity index (χ2v) is 12.7. The third kappa shape index (κ3) is 3.25. The van der Waals surface area contributed by atoms with Crippen LogP contribution in [0, 0.1) is 0 Å². The molecule has 2 aliphatic rings. The van der Waals surface area contributed by atoms with Crippen molar-refractivity contribution in [3.63, 3.8) is 0 Å². The largest absolute Gasteiger partial charge is 0.147 e. The molecule has 2 aromatic carbocycles. The molecule has 0 bridgehead atoms. The molecule has 0 spiro atoms. The fourth-order valence-corrected chi connectivity index (χ4v) is 11.0. The van der Waals surface area contributed by atoms with Gasteiger partial charge in [0.15, 0.2) is 0 Å². The van der Waals surface area contributed by atoms with Crippen molar-refractivity contribution in [1.29, 1.82) is 0 Å². The van der Waals surface area contributed by atoms with Crippen LogP contribution in [0.1, 0.15) is 36.4 Å². The normalized spacial score (nSPS) is 19.3. The molecule has 0 amide bonds. The third-order valence-electron chi connectivity index (χ3n) is 4.65. The second-order valence-electron chi connectivity index (χ2n) is 5.72. The number of halogens is 2. The Morgan fingerprint density at radius 2 is 1.17 bits per heavy atom. The van der Waals surface area contributed by atoms with E-state index < -0.39 is 21.3 Å². The number of hydrogen-bond donors (Lipinski definition) is 0. The number of allylic oxidation sites excluding steroid dienone is 2. The van der Waals surface area contributed by atoms with Crippen LogP contribution in [0.5, 0.6) is 0 Å². The number of hydrogen-bond acceptors (Lipinski definition) is 0. The van der Waals surface area contributed by atoms with Crippen molar-refractivity contribution in [2.45, 2.75) is 14.2 Å². The minimum absolute atomic E-state index is 0. The summed E-state index contributed by atoms with van der Waals surface area (Å²) in [5.74, 6) is 0. The van der Waals surface area contributed by atoms with E-state index in [1.54, 1.807) is 11.1 Å². The van der Waals surface area contributed by atoms with Crippen LogP contribution >= 0.6 is 24.8 Å². The van der Waals surface area contributed by atoms with Crippen molar-refractivity contribution >= 4 is 40.7 Å². The van der Waals surface area contributed by atoms with E-state index in [9.17, 15) is 0 Å². The first kappa shape index (κ1) is 18.6. The smallest absolute Gasteiger partial charge is 0.147 e. The maximum atomic E-state index is 2.58. The summed E-state index contributed by atoms with van der Waals surface area (Å²) in [5, 5.41) is 0. The van der Waals surface area contributed by atoms with Crippen LogP contribution in [0.2, 0.25) is 0 Å². The van der Waals surface area contributed by atoms with Gasteiger partial charge in [-0.05, 0) is 0 Å².